The van der Waals surface area contributed by atoms with Crippen molar-refractivity contribution in [1.82, 2.24) is 5.32 Å². The fraction of sp³-hybridized carbons (Fsp3) is 0.562. The van der Waals surface area contributed by atoms with E-state index in [1.165, 1.54) is 30.0 Å². The molecule has 0 saturated heterocycles. The highest BCUT2D eigenvalue weighted by Gasteiger charge is 2.41. The van der Waals surface area contributed by atoms with Gasteiger partial charge in [-0.05, 0) is 49.5 Å². The minimum atomic E-state index is 0.124. The van der Waals surface area contributed by atoms with E-state index in [1.807, 2.05) is 18.0 Å². The molecule has 3 heterocycles. The lowest BCUT2D eigenvalue weighted by Crippen LogP contribution is -2.47. The molecule has 0 spiro atoms. The van der Waals surface area contributed by atoms with Crippen LogP contribution in [0.3, 0.4) is 0 Å². The molecule has 0 radical (unpaired) electrons. The molecule has 4 nitrogen and oxygen atoms in total. The van der Waals surface area contributed by atoms with Gasteiger partial charge in [0.25, 0.3) is 0 Å². The van der Waals surface area contributed by atoms with Gasteiger partial charge < -0.3 is 0 Å². The summed E-state index contributed by atoms with van der Waals surface area (Å²) < 4.78 is 0. The summed E-state index contributed by atoms with van der Waals surface area (Å²) in [6.07, 6.45) is 11.8. The standard InChI is InChI=1S/C16H20N4S/c1-10(12-6-2-3-8-17-12)20-15-14-11-5-4-7-13(11)21-16(14)19-9-18-15/h3,8-10,14-15,20H,2,4-7H2,1H3. The summed E-state index contributed by atoms with van der Waals surface area (Å²) >= 11 is 1.89. The first-order chi connectivity index (χ1) is 10.3. The monoisotopic (exact) mass is 300 g/mol. The van der Waals surface area contributed by atoms with E-state index in [0.29, 0.717) is 5.92 Å². The van der Waals surface area contributed by atoms with Crippen LogP contribution in [0.4, 0.5) is 0 Å². The Kier molecular flexibility index (Phi) is 3.55. The van der Waals surface area contributed by atoms with E-state index in [-0.39, 0.29) is 12.2 Å². The molecule has 3 aliphatic heterocycles. The Morgan fingerprint density at radius 2 is 2.24 bits per heavy atom. The number of hydrogen-bond acceptors (Lipinski definition) is 5. The molecule has 21 heavy (non-hydrogen) atoms. The van der Waals surface area contributed by atoms with E-state index in [9.17, 15) is 0 Å². The zero-order chi connectivity index (χ0) is 14.2. The fourth-order valence-corrected chi connectivity index (χ4v) is 4.90. The number of thioether (sulfide) groups is 1. The number of fused-ring (bicyclic) bond motifs is 2. The lowest BCUT2D eigenvalue weighted by atomic mass is 9.94. The third-order valence-corrected chi connectivity index (χ3v) is 5.92. The van der Waals surface area contributed by atoms with Crippen LogP contribution in [-0.4, -0.2) is 29.3 Å². The lowest BCUT2D eigenvalue weighted by molar-refractivity contribution is 0.457. The van der Waals surface area contributed by atoms with Crippen molar-refractivity contribution in [3.8, 4) is 0 Å². The van der Waals surface area contributed by atoms with Gasteiger partial charge in [0, 0.05) is 18.0 Å². The molecule has 0 aromatic heterocycles. The largest absolute Gasteiger partial charge is 0.287 e. The van der Waals surface area contributed by atoms with Crippen molar-refractivity contribution in [2.24, 2.45) is 20.9 Å². The molecular formula is C16H20N4S. The van der Waals surface area contributed by atoms with Crippen LogP contribution in [0.15, 0.2) is 37.7 Å². The highest BCUT2D eigenvalue weighted by Crippen LogP contribution is 2.49. The summed E-state index contributed by atoms with van der Waals surface area (Å²) in [5.74, 6) is 0.375. The maximum atomic E-state index is 4.62. The molecule has 0 bridgehead atoms. The number of aliphatic imine (C=N–C) groups is 3. The predicted octanol–water partition coefficient (Wildman–Crippen LogP) is 3.28. The van der Waals surface area contributed by atoms with E-state index in [2.05, 4.69) is 33.3 Å². The summed E-state index contributed by atoms with van der Waals surface area (Å²) in [6, 6.07) is 0.271. The highest BCUT2D eigenvalue weighted by molar-refractivity contribution is 8.17. The molecule has 4 rings (SSSR count). The highest BCUT2D eigenvalue weighted by atomic mass is 32.2. The Hall–Kier alpha value is -1.20. The van der Waals surface area contributed by atoms with Crippen molar-refractivity contribution in [2.75, 3.05) is 0 Å². The minimum absolute atomic E-state index is 0.124. The maximum Gasteiger partial charge on any atom is 0.115 e. The van der Waals surface area contributed by atoms with Crippen LogP contribution in [-0.2, 0) is 0 Å². The van der Waals surface area contributed by atoms with Gasteiger partial charge in [0.1, 0.15) is 12.5 Å². The number of nitrogens with one attached hydrogen (secondary N) is 1. The van der Waals surface area contributed by atoms with Crippen molar-refractivity contribution in [3.05, 3.63) is 22.8 Å². The van der Waals surface area contributed by atoms with Crippen LogP contribution < -0.4 is 5.32 Å². The third kappa shape index (κ3) is 2.42. The molecule has 0 aromatic rings. The quantitative estimate of drug-likeness (QED) is 0.869. The summed E-state index contributed by atoms with van der Waals surface area (Å²) in [5.41, 5.74) is 2.83. The second kappa shape index (κ2) is 5.54. The van der Waals surface area contributed by atoms with Gasteiger partial charge in [-0.2, -0.15) is 0 Å². The van der Waals surface area contributed by atoms with Gasteiger partial charge in [0.2, 0.25) is 0 Å². The predicted molar refractivity (Wildman–Crippen MR) is 90.1 cm³/mol. The lowest BCUT2D eigenvalue weighted by Gasteiger charge is -2.29. The van der Waals surface area contributed by atoms with Crippen molar-refractivity contribution in [3.63, 3.8) is 0 Å². The van der Waals surface area contributed by atoms with E-state index >= 15 is 0 Å². The smallest absolute Gasteiger partial charge is 0.115 e. The minimum Gasteiger partial charge on any atom is -0.287 e. The van der Waals surface area contributed by atoms with Crippen LogP contribution in [0.1, 0.15) is 39.0 Å². The van der Waals surface area contributed by atoms with Crippen molar-refractivity contribution < 1.29 is 0 Å². The molecule has 1 aliphatic carbocycles. The summed E-state index contributed by atoms with van der Waals surface area (Å²) in [4.78, 5) is 15.2. The summed E-state index contributed by atoms with van der Waals surface area (Å²) in [7, 11) is 0. The van der Waals surface area contributed by atoms with Gasteiger partial charge >= 0.3 is 0 Å². The first-order valence-corrected chi connectivity index (χ1v) is 8.61. The molecule has 1 N–H and O–H groups in total. The van der Waals surface area contributed by atoms with Gasteiger partial charge in [0.05, 0.1) is 11.0 Å². The Morgan fingerprint density at radius 3 is 3.10 bits per heavy atom. The molecule has 110 valence electrons. The molecule has 0 fully saturated rings. The molecule has 5 heteroatoms. The Balaban J connectivity index is 1.52. The molecule has 0 amide bonds. The second-order valence-electron chi connectivity index (χ2n) is 5.99. The van der Waals surface area contributed by atoms with Crippen LogP contribution >= 0.6 is 11.8 Å². The van der Waals surface area contributed by atoms with E-state index in [4.69, 9.17) is 0 Å². The normalized spacial score (nSPS) is 31.9. The van der Waals surface area contributed by atoms with Crippen molar-refractivity contribution >= 4 is 28.9 Å². The fourth-order valence-electron chi connectivity index (χ4n) is 3.54. The van der Waals surface area contributed by atoms with Gasteiger partial charge in [-0.25, -0.2) is 4.99 Å². The second-order valence-corrected chi connectivity index (χ2v) is 7.11. The van der Waals surface area contributed by atoms with Crippen molar-refractivity contribution in [2.45, 2.75) is 51.2 Å². The van der Waals surface area contributed by atoms with Crippen LogP contribution in [0.2, 0.25) is 0 Å². The van der Waals surface area contributed by atoms with Crippen LogP contribution in [0, 0.1) is 5.92 Å². The van der Waals surface area contributed by atoms with E-state index < -0.39 is 0 Å². The number of hydrogen-bond donors (Lipinski definition) is 1. The Labute approximate surface area is 129 Å². The van der Waals surface area contributed by atoms with E-state index in [1.54, 1.807) is 16.8 Å². The topological polar surface area (TPSA) is 49.1 Å². The van der Waals surface area contributed by atoms with Crippen molar-refractivity contribution in [1.29, 1.82) is 0 Å². The van der Waals surface area contributed by atoms with Gasteiger partial charge in [0.15, 0.2) is 0 Å². The first kappa shape index (κ1) is 13.5. The third-order valence-electron chi connectivity index (χ3n) is 4.64. The zero-order valence-electron chi connectivity index (χ0n) is 12.2. The SMILES string of the molecule is CC(NC1N=CN=C2SC3=C(CCC3)C21)C1=NC=CCC1. The zero-order valence-corrected chi connectivity index (χ0v) is 13.1. The van der Waals surface area contributed by atoms with E-state index in [0.717, 1.165) is 12.8 Å². The average Bonchev–Trinajstić information content (AvgIpc) is 3.09. The Bertz CT molecular complexity index is 599. The molecular weight excluding hydrogens is 280 g/mol. The summed E-state index contributed by atoms with van der Waals surface area (Å²) in [6.45, 7) is 2.20. The molecule has 0 aromatic carbocycles. The number of nitrogens with zero attached hydrogens (tertiary/aromatic N) is 3. The molecule has 4 aliphatic rings. The first-order valence-electron chi connectivity index (χ1n) is 7.79. The number of allylic oxidation sites excluding steroid dienone is 2. The van der Waals surface area contributed by atoms with Crippen LogP contribution in [0.25, 0.3) is 0 Å². The van der Waals surface area contributed by atoms with Gasteiger partial charge in [-0.1, -0.05) is 17.8 Å². The maximum absolute atomic E-state index is 4.62. The van der Waals surface area contributed by atoms with Gasteiger partial charge in [-0.3, -0.25) is 15.3 Å². The Morgan fingerprint density at radius 1 is 1.29 bits per heavy atom. The average molecular weight is 300 g/mol. The van der Waals surface area contributed by atoms with Crippen LogP contribution in [0.5, 0.6) is 0 Å². The number of rotatable bonds is 3. The molecule has 0 saturated carbocycles. The molecule has 3 atom stereocenters. The molecule has 3 unspecified atom stereocenters. The van der Waals surface area contributed by atoms with Gasteiger partial charge in [-0.15, -0.1) is 0 Å². The summed E-state index contributed by atoms with van der Waals surface area (Å²) in [5, 5.41) is 4.92.